The molecule has 3 aliphatic rings. The Hall–Kier alpha value is -2.09. The van der Waals surface area contributed by atoms with Gasteiger partial charge in [-0.25, -0.2) is 4.79 Å². The molecule has 1 aliphatic carbocycles. The van der Waals surface area contributed by atoms with Gasteiger partial charge in [-0.1, -0.05) is 0 Å². The molecule has 1 aromatic heterocycles. The predicted molar refractivity (Wildman–Crippen MR) is 71.4 cm³/mol. The van der Waals surface area contributed by atoms with E-state index in [-0.39, 0.29) is 18.2 Å². The molecule has 21 heavy (non-hydrogen) atoms. The highest BCUT2D eigenvalue weighted by molar-refractivity contribution is 5.89. The third-order valence-electron chi connectivity index (χ3n) is 4.12. The third-order valence-corrected chi connectivity index (χ3v) is 4.12. The van der Waals surface area contributed by atoms with Crippen LogP contribution < -0.4 is 20.1 Å². The van der Waals surface area contributed by atoms with Crippen molar-refractivity contribution in [2.24, 2.45) is 5.73 Å². The molecule has 2 aliphatic heterocycles. The fourth-order valence-corrected chi connectivity index (χ4v) is 3.12. The number of hydrogen-bond donors (Lipinski definition) is 1. The molecule has 3 atom stereocenters. The summed E-state index contributed by atoms with van der Waals surface area (Å²) in [5.74, 6) is 1.31. The molecule has 2 fully saturated rings. The molecular formula is C13H16N4O4. The Bertz CT molecular complexity index is 581. The van der Waals surface area contributed by atoms with E-state index >= 15 is 0 Å². The molecule has 8 nitrogen and oxygen atoms in total. The Morgan fingerprint density at radius 1 is 1.24 bits per heavy atom. The van der Waals surface area contributed by atoms with Crippen LogP contribution in [0.5, 0.6) is 11.6 Å². The zero-order valence-electron chi connectivity index (χ0n) is 11.4. The molecular weight excluding hydrogens is 276 g/mol. The van der Waals surface area contributed by atoms with E-state index in [0.29, 0.717) is 37.1 Å². The van der Waals surface area contributed by atoms with Gasteiger partial charge < -0.3 is 19.9 Å². The summed E-state index contributed by atoms with van der Waals surface area (Å²) in [7, 11) is 0. The van der Waals surface area contributed by atoms with E-state index in [0.717, 1.165) is 12.8 Å². The van der Waals surface area contributed by atoms with Crippen LogP contribution in [0, 0.1) is 0 Å². The van der Waals surface area contributed by atoms with Crippen LogP contribution >= 0.6 is 0 Å². The lowest BCUT2D eigenvalue weighted by molar-refractivity contribution is 0.107. The van der Waals surface area contributed by atoms with Crippen molar-refractivity contribution in [3.8, 4) is 11.6 Å². The predicted octanol–water partition coefficient (Wildman–Crippen LogP) is 0.453. The van der Waals surface area contributed by atoms with Gasteiger partial charge in [0, 0.05) is 18.5 Å². The quantitative estimate of drug-likeness (QED) is 0.802. The van der Waals surface area contributed by atoms with Crippen LogP contribution in [0.15, 0.2) is 6.07 Å². The molecule has 3 heterocycles. The van der Waals surface area contributed by atoms with Crippen molar-refractivity contribution < 1.29 is 19.0 Å². The van der Waals surface area contributed by atoms with Gasteiger partial charge in [0.05, 0.1) is 6.04 Å². The smallest absolute Gasteiger partial charge is 0.416 e. The highest BCUT2D eigenvalue weighted by Gasteiger charge is 2.46. The maximum absolute atomic E-state index is 12.1. The van der Waals surface area contributed by atoms with Crippen molar-refractivity contribution in [2.75, 3.05) is 18.1 Å². The van der Waals surface area contributed by atoms with Crippen LogP contribution in [0.25, 0.3) is 0 Å². The zero-order valence-corrected chi connectivity index (χ0v) is 11.4. The first kappa shape index (κ1) is 12.6. The molecule has 0 unspecified atom stereocenters. The highest BCUT2D eigenvalue weighted by atomic mass is 16.6. The van der Waals surface area contributed by atoms with Crippen molar-refractivity contribution in [3.63, 3.8) is 0 Å². The number of nitrogens with two attached hydrogens (primary N) is 1. The van der Waals surface area contributed by atoms with E-state index in [2.05, 4.69) is 10.2 Å². The summed E-state index contributed by atoms with van der Waals surface area (Å²) >= 11 is 0. The van der Waals surface area contributed by atoms with Crippen LogP contribution in [0.2, 0.25) is 0 Å². The summed E-state index contributed by atoms with van der Waals surface area (Å²) in [4.78, 5) is 13.7. The van der Waals surface area contributed by atoms with Crippen molar-refractivity contribution >= 4 is 11.9 Å². The van der Waals surface area contributed by atoms with Gasteiger partial charge in [0.25, 0.3) is 5.88 Å². The molecule has 1 saturated carbocycles. The normalized spacial score (nSPS) is 30.8. The third kappa shape index (κ3) is 2.06. The number of aromatic nitrogens is 2. The molecule has 0 radical (unpaired) electrons. The number of carbonyl (C=O) groups is 1. The Balaban J connectivity index is 1.64. The van der Waals surface area contributed by atoms with Crippen LogP contribution in [-0.4, -0.2) is 47.7 Å². The van der Waals surface area contributed by atoms with Gasteiger partial charge >= 0.3 is 6.09 Å². The van der Waals surface area contributed by atoms with Gasteiger partial charge in [-0.3, -0.25) is 4.90 Å². The maximum Gasteiger partial charge on any atom is 0.416 e. The lowest BCUT2D eigenvalue weighted by atomic mass is 9.89. The van der Waals surface area contributed by atoms with Crippen LogP contribution in [0.1, 0.15) is 19.3 Å². The monoisotopic (exact) mass is 292 g/mol. The molecule has 8 heteroatoms. The summed E-state index contributed by atoms with van der Waals surface area (Å²) in [5, 5.41) is 8.05. The molecule has 0 spiro atoms. The molecule has 4 rings (SSSR count). The molecule has 1 aromatic rings. The second-order valence-electron chi connectivity index (χ2n) is 5.50. The minimum atomic E-state index is -0.398. The van der Waals surface area contributed by atoms with Crippen molar-refractivity contribution in [2.45, 2.75) is 37.5 Å². The minimum absolute atomic E-state index is 0.0332. The first-order valence-electron chi connectivity index (χ1n) is 7.11. The number of ether oxygens (including phenoxy) is 3. The molecule has 2 N–H and O–H groups in total. The first-order valence-corrected chi connectivity index (χ1v) is 7.11. The molecule has 1 saturated heterocycles. The number of nitrogens with zero attached hydrogens (tertiary/aromatic N) is 3. The number of rotatable bonds is 1. The molecule has 0 aromatic carbocycles. The van der Waals surface area contributed by atoms with E-state index < -0.39 is 6.09 Å². The number of carbonyl (C=O) groups excluding carboxylic acids is 1. The molecule has 1 amide bonds. The van der Waals surface area contributed by atoms with Gasteiger partial charge in [-0.05, 0) is 12.8 Å². The fourth-order valence-electron chi connectivity index (χ4n) is 3.12. The van der Waals surface area contributed by atoms with E-state index in [9.17, 15) is 4.79 Å². The van der Waals surface area contributed by atoms with E-state index in [1.165, 1.54) is 0 Å². The number of anilines is 1. The maximum atomic E-state index is 12.1. The van der Waals surface area contributed by atoms with Crippen LogP contribution in [0.3, 0.4) is 0 Å². The van der Waals surface area contributed by atoms with Gasteiger partial charge in [0.2, 0.25) is 0 Å². The fraction of sp³-hybridized carbons (Fsp3) is 0.615. The Morgan fingerprint density at radius 2 is 2.10 bits per heavy atom. The Labute approximate surface area is 121 Å². The van der Waals surface area contributed by atoms with Crippen LogP contribution in [-0.2, 0) is 4.74 Å². The minimum Gasteiger partial charge on any atom is -0.484 e. The standard InChI is InChI=1S/C13H16N4O4/c14-7-1-2-8-9(5-7)21-13(18)17(8)11-6-10-12(16-15-11)20-4-3-19-10/h6-9H,1-5,14H2/t7-,8-,9-/m1/s1. The summed E-state index contributed by atoms with van der Waals surface area (Å²) < 4.78 is 16.2. The summed E-state index contributed by atoms with van der Waals surface area (Å²) in [6.45, 7) is 0.916. The lowest BCUT2D eigenvalue weighted by Crippen LogP contribution is -2.44. The summed E-state index contributed by atoms with van der Waals surface area (Å²) in [6.07, 6.45) is 1.78. The molecule has 112 valence electrons. The van der Waals surface area contributed by atoms with Gasteiger partial charge in [-0.15, -0.1) is 10.2 Å². The number of hydrogen-bond acceptors (Lipinski definition) is 7. The van der Waals surface area contributed by atoms with Crippen molar-refractivity contribution in [1.82, 2.24) is 10.2 Å². The lowest BCUT2D eigenvalue weighted by Gasteiger charge is -2.30. The molecule has 0 bridgehead atoms. The van der Waals surface area contributed by atoms with E-state index in [1.54, 1.807) is 11.0 Å². The van der Waals surface area contributed by atoms with Crippen molar-refractivity contribution in [1.29, 1.82) is 0 Å². The number of amides is 1. The van der Waals surface area contributed by atoms with Crippen LogP contribution in [0.4, 0.5) is 10.6 Å². The topological polar surface area (TPSA) is 99.8 Å². The average molecular weight is 292 g/mol. The Morgan fingerprint density at radius 3 is 3.00 bits per heavy atom. The highest BCUT2D eigenvalue weighted by Crippen LogP contribution is 2.37. The summed E-state index contributed by atoms with van der Waals surface area (Å²) in [5.41, 5.74) is 5.94. The van der Waals surface area contributed by atoms with E-state index in [4.69, 9.17) is 19.9 Å². The SMILES string of the molecule is N[C@@H]1CC[C@@H]2[C@@H](C1)OC(=O)N2c1cc2c(nn1)OCCO2. The van der Waals surface area contributed by atoms with Crippen molar-refractivity contribution in [3.05, 3.63) is 6.07 Å². The van der Waals surface area contributed by atoms with Gasteiger partial charge in [-0.2, -0.15) is 0 Å². The second-order valence-corrected chi connectivity index (χ2v) is 5.50. The second kappa shape index (κ2) is 4.73. The first-order chi connectivity index (χ1) is 10.2. The Kier molecular flexibility index (Phi) is 2.85. The largest absolute Gasteiger partial charge is 0.484 e. The number of fused-ring (bicyclic) bond motifs is 2. The zero-order chi connectivity index (χ0) is 14.4. The van der Waals surface area contributed by atoms with Gasteiger partial charge in [0.15, 0.2) is 11.6 Å². The summed E-state index contributed by atoms with van der Waals surface area (Å²) in [6, 6.07) is 1.74. The van der Waals surface area contributed by atoms with E-state index in [1.807, 2.05) is 0 Å². The average Bonchev–Trinajstić information content (AvgIpc) is 2.81. The van der Waals surface area contributed by atoms with Gasteiger partial charge in [0.1, 0.15) is 19.3 Å².